The number of aliphatic carboxylic acids is 1. The number of hydrogen-bond donors (Lipinski definition) is 3. The molecule has 0 aromatic rings. The minimum atomic E-state index is -0.897. The van der Waals surface area contributed by atoms with E-state index in [1.807, 2.05) is 6.92 Å². The Morgan fingerprint density at radius 2 is 1.23 bits per heavy atom. The second-order valence-electron chi connectivity index (χ2n) is 4.08. The van der Waals surface area contributed by atoms with Gasteiger partial charge < -0.3 is 34.3 Å². The zero-order valence-corrected chi connectivity index (χ0v) is 13.4. The molecule has 0 aliphatic heterocycles. The van der Waals surface area contributed by atoms with E-state index in [0.29, 0.717) is 46.2 Å². The molecule has 0 unspecified atom stereocenters. The van der Waals surface area contributed by atoms with Crippen molar-refractivity contribution in [1.82, 2.24) is 0 Å². The highest BCUT2D eigenvalue weighted by Crippen LogP contribution is 1.86. The molecule has 0 radical (unpaired) electrons. The third kappa shape index (κ3) is 27.6. The summed E-state index contributed by atoms with van der Waals surface area (Å²) < 4.78 is 19.8. The van der Waals surface area contributed by atoms with Gasteiger partial charge in [-0.3, -0.25) is 0 Å². The second kappa shape index (κ2) is 22.5. The summed E-state index contributed by atoms with van der Waals surface area (Å²) in [5.74, 6) is -0.897. The number of hydrogen-bond acceptors (Lipinski definition) is 7. The molecule has 0 spiro atoms. The molecule has 0 saturated carbocycles. The first-order valence-corrected chi connectivity index (χ1v) is 7.43. The van der Waals surface area contributed by atoms with Crippen LogP contribution in [0.5, 0.6) is 0 Å². The Morgan fingerprint density at radius 3 is 1.59 bits per heavy atom. The predicted molar refractivity (Wildman–Crippen MR) is 80.0 cm³/mol. The van der Waals surface area contributed by atoms with Crippen molar-refractivity contribution in [3.05, 3.63) is 0 Å². The van der Waals surface area contributed by atoms with Crippen molar-refractivity contribution in [3.63, 3.8) is 0 Å². The fourth-order valence-electron chi connectivity index (χ4n) is 1.08. The van der Waals surface area contributed by atoms with Gasteiger partial charge in [-0.25, -0.2) is 4.79 Å². The van der Waals surface area contributed by atoms with Gasteiger partial charge in [-0.1, -0.05) is 13.3 Å². The Kier molecular flexibility index (Phi) is 24.0. The minimum Gasteiger partial charge on any atom is -0.480 e. The standard InChI is InChI=1S/C8H18O5.C6H12O3/c9-1-3-11-5-7-13-8-6-12-4-2-10;1-2-3-4-9-5-6(7)8/h9-10H,1-8H2;2-5H2,1H3,(H,7,8). The molecule has 0 aliphatic rings. The van der Waals surface area contributed by atoms with E-state index < -0.39 is 5.97 Å². The SMILES string of the molecule is CCCCOCC(=O)O.OCCOCCOCCOCCO. The highest BCUT2D eigenvalue weighted by atomic mass is 16.5. The maximum Gasteiger partial charge on any atom is 0.329 e. The number of ether oxygens (including phenoxy) is 4. The van der Waals surface area contributed by atoms with Crippen LogP contribution >= 0.6 is 0 Å². The Balaban J connectivity index is 0. The molecule has 0 aromatic carbocycles. The predicted octanol–water partition coefficient (Wildman–Crippen LogP) is -0.0915. The molecule has 0 saturated heterocycles. The van der Waals surface area contributed by atoms with Gasteiger partial charge >= 0.3 is 5.97 Å². The molecule has 0 amide bonds. The molecule has 0 rings (SSSR count). The van der Waals surface area contributed by atoms with Gasteiger partial charge in [-0.15, -0.1) is 0 Å². The number of carboxylic acid groups (broad SMARTS) is 1. The van der Waals surface area contributed by atoms with Crippen LogP contribution in [0.2, 0.25) is 0 Å². The van der Waals surface area contributed by atoms with Crippen molar-refractivity contribution < 1.29 is 39.1 Å². The third-order valence-electron chi connectivity index (χ3n) is 2.08. The molecular formula is C14H30O8. The Bertz CT molecular complexity index is 203. The molecule has 0 bridgehead atoms. The molecule has 22 heavy (non-hydrogen) atoms. The van der Waals surface area contributed by atoms with Gasteiger partial charge in [0.15, 0.2) is 0 Å². The fourth-order valence-corrected chi connectivity index (χ4v) is 1.08. The summed E-state index contributed by atoms with van der Waals surface area (Å²) in [5.41, 5.74) is 0. The van der Waals surface area contributed by atoms with Crippen molar-refractivity contribution in [1.29, 1.82) is 0 Å². The van der Waals surface area contributed by atoms with Crippen LogP contribution in [0.1, 0.15) is 19.8 Å². The van der Waals surface area contributed by atoms with Crippen molar-refractivity contribution in [2.45, 2.75) is 19.8 Å². The first kappa shape index (κ1) is 23.5. The number of unbranched alkanes of at least 4 members (excludes halogenated alkanes) is 1. The van der Waals surface area contributed by atoms with Gasteiger partial charge in [0.1, 0.15) is 6.61 Å². The van der Waals surface area contributed by atoms with Crippen LogP contribution in [-0.4, -0.2) is 87.4 Å². The Hall–Kier alpha value is -0.770. The summed E-state index contributed by atoms with van der Waals surface area (Å²) in [6.07, 6.45) is 1.98. The number of carbonyl (C=O) groups is 1. The third-order valence-corrected chi connectivity index (χ3v) is 2.08. The molecule has 0 atom stereocenters. The van der Waals surface area contributed by atoms with Gasteiger partial charge in [-0.2, -0.15) is 0 Å². The van der Waals surface area contributed by atoms with E-state index in [1.165, 1.54) is 0 Å². The monoisotopic (exact) mass is 326 g/mol. The number of aliphatic hydroxyl groups excluding tert-OH is 2. The Morgan fingerprint density at radius 1 is 0.773 bits per heavy atom. The summed E-state index contributed by atoms with van der Waals surface area (Å²) >= 11 is 0. The van der Waals surface area contributed by atoms with Gasteiger partial charge in [-0.05, 0) is 6.42 Å². The highest BCUT2D eigenvalue weighted by Gasteiger charge is 1.93. The molecule has 0 fully saturated rings. The van der Waals surface area contributed by atoms with Crippen molar-refractivity contribution in [3.8, 4) is 0 Å². The Labute approximate surface area is 131 Å². The summed E-state index contributed by atoms with van der Waals surface area (Å²) in [5, 5.41) is 24.8. The lowest BCUT2D eigenvalue weighted by atomic mass is 10.4. The van der Waals surface area contributed by atoms with E-state index in [1.54, 1.807) is 0 Å². The van der Waals surface area contributed by atoms with E-state index in [0.717, 1.165) is 12.8 Å². The zero-order chi connectivity index (χ0) is 16.9. The molecule has 3 N–H and O–H groups in total. The average molecular weight is 326 g/mol. The van der Waals surface area contributed by atoms with E-state index in [-0.39, 0.29) is 19.8 Å². The zero-order valence-electron chi connectivity index (χ0n) is 13.4. The fraction of sp³-hybridized carbons (Fsp3) is 0.929. The van der Waals surface area contributed by atoms with Gasteiger partial charge in [0.05, 0.1) is 52.9 Å². The maximum absolute atomic E-state index is 9.84. The number of carboxylic acids is 1. The molecule has 8 heteroatoms. The molecule has 0 aliphatic carbocycles. The van der Waals surface area contributed by atoms with Crippen molar-refractivity contribution in [2.24, 2.45) is 0 Å². The minimum absolute atomic E-state index is 0.0413. The van der Waals surface area contributed by atoms with E-state index >= 15 is 0 Å². The van der Waals surface area contributed by atoms with E-state index in [4.69, 9.17) is 34.3 Å². The van der Waals surface area contributed by atoms with E-state index in [2.05, 4.69) is 0 Å². The summed E-state index contributed by atoms with van der Waals surface area (Å²) in [6.45, 7) is 5.19. The average Bonchev–Trinajstić information content (AvgIpc) is 2.50. The maximum atomic E-state index is 9.84. The first-order chi connectivity index (χ1) is 10.7. The summed E-state index contributed by atoms with van der Waals surface area (Å²) in [7, 11) is 0. The first-order valence-electron chi connectivity index (χ1n) is 7.43. The molecule has 8 nitrogen and oxygen atoms in total. The smallest absolute Gasteiger partial charge is 0.329 e. The lowest BCUT2D eigenvalue weighted by molar-refractivity contribution is -0.142. The normalized spacial score (nSPS) is 10.1. The van der Waals surface area contributed by atoms with Crippen LogP contribution in [-0.2, 0) is 23.7 Å². The van der Waals surface area contributed by atoms with Crippen molar-refractivity contribution in [2.75, 3.05) is 66.1 Å². The number of aliphatic hydroxyl groups is 2. The van der Waals surface area contributed by atoms with E-state index in [9.17, 15) is 4.79 Å². The van der Waals surface area contributed by atoms with Crippen LogP contribution < -0.4 is 0 Å². The molecule has 134 valence electrons. The van der Waals surface area contributed by atoms with Crippen LogP contribution in [0.15, 0.2) is 0 Å². The molecular weight excluding hydrogens is 296 g/mol. The van der Waals surface area contributed by atoms with Crippen LogP contribution in [0, 0.1) is 0 Å². The van der Waals surface area contributed by atoms with Gasteiger partial charge in [0.25, 0.3) is 0 Å². The lowest BCUT2D eigenvalue weighted by Gasteiger charge is -2.04. The highest BCUT2D eigenvalue weighted by molar-refractivity contribution is 5.67. The van der Waals surface area contributed by atoms with Crippen LogP contribution in [0.4, 0.5) is 0 Å². The second-order valence-corrected chi connectivity index (χ2v) is 4.08. The largest absolute Gasteiger partial charge is 0.480 e. The topological polar surface area (TPSA) is 115 Å². The van der Waals surface area contributed by atoms with Crippen LogP contribution in [0.3, 0.4) is 0 Å². The van der Waals surface area contributed by atoms with Gasteiger partial charge in [0.2, 0.25) is 0 Å². The van der Waals surface area contributed by atoms with Crippen LogP contribution in [0.25, 0.3) is 0 Å². The lowest BCUT2D eigenvalue weighted by Crippen LogP contribution is -2.11. The van der Waals surface area contributed by atoms with Crippen molar-refractivity contribution >= 4 is 5.97 Å². The molecule has 0 heterocycles. The molecule has 0 aromatic heterocycles. The number of rotatable bonds is 15. The summed E-state index contributed by atoms with van der Waals surface area (Å²) in [6, 6.07) is 0. The summed E-state index contributed by atoms with van der Waals surface area (Å²) in [4.78, 5) is 9.84. The van der Waals surface area contributed by atoms with Gasteiger partial charge in [0, 0.05) is 6.61 Å². The quantitative estimate of drug-likeness (QED) is 0.358.